The van der Waals surface area contributed by atoms with E-state index < -0.39 is 0 Å². The summed E-state index contributed by atoms with van der Waals surface area (Å²) in [5.41, 5.74) is 3.47. The number of hydrogen-bond acceptors (Lipinski definition) is 1. The van der Waals surface area contributed by atoms with Crippen LogP contribution in [0, 0.1) is 6.92 Å². The van der Waals surface area contributed by atoms with Crippen LogP contribution in [0.15, 0.2) is 42.5 Å². The Balaban J connectivity index is 2.02. The van der Waals surface area contributed by atoms with Gasteiger partial charge in [-0.15, -0.1) is 0 Å². The van der Waals surface area contributed by atoms with Gasteiger partial charge < -0.3 is 5.32 Å². The Morgan fingerprint density at radius 2 is 1.89 bits per heavy atom. The van der Waals surface area contributed by atoms with E-state index in [4.69, 9.17) is 23.2 Å². The van der Waals surface area contributed by atoms with Gasteiger partial charge in [0.2, 0.25) is 0 Å². The molecule has 19 heavy (non-hydrogen) atoms. The van der Waals surface area contributed by atoms with Gasteiger partial charge in [-0.05, 0) is 48.7 Å². The molecule has 0 aliphatic rings. The summed E-state index contributed by atoms with van der Waals surface area (Å²) in [5, 5.41) is 5.03. The predicted octanol–water partition coefficient (Wildman–Crippen LogP) is 5.15. The highest BCUT2D eigenvalue weighted by molar-refractivity contribution is 6.31. The second-order valence-corrected chi connectivity index (χ2v) is 5.60. The van der Waals surface area contributed by atoms with Gasteiger partial charge in [0, 0.05) is 22.6 Å². The largest absolute Gasteiger partial charge is 0.306 e. The van der Waals surface area contributed by atoms with E-state index in [1.54, 1.807) is 0 Å². The van der Waals surface area contributed by atoms with Crippen LogP contribution in [0.25, 0.3) is 0 Å². The fraction of sp³-hybridized carbons (Fsp3) is 0.250. The molecule has 0 saturated carbocycles. The van der Waals surface area contributed by atoms with Gasteiger partial charge in [0.1, 0.15) is 0 Å². The highest BCUT2D eigenvalue weighted by Crippen LogP contribution is 2.20. The van der Waals surface area contributed by atoms with Crippen molar-refractivity contribution in [3.63, 3.8) is 0 Å². The maximum atomic E-state index is 6.22. The summed E-state index contributed by atoms with van der Waals surface area (Å²) < 4.78 is 0. The molecule has 2 aromatic carbocycles. The number of rotatable bonds is 4. The van der Waals surface area contributed by atoms with Crippen molar-refractivity contribution in [3.05, 3.63) is 69.2 Å². The molecule has 0 radical (unpaired) electrons. The van der Waals surface area contributed by atoms with Crippen molar-refractivity contribution in [2.75, 3.05) is 0 Å². The van der Waals surface area contributed by atoms with Crippen LogP contribution in [0.5, 0.6) is 0 Å². The van der Waals surface area contributed by atoms with Gasteiger partial charge in [-0.3, -0.25) is 0 Å². The normalized spacial score (nSPS) is 12.4. The van der Waals surface area contributed by atoms with Crippen LogP contribution in [-0.2, 0) is 6.54 Å². The van der Waals surface area contributed by atoms with Gasteiger partial charge in [-0.25, -0.2) is 0 Å². The van der Waals surface area contributed by atoms with Crippen molar-refractivity contribution in [2.24, 2.45) is 0 Å². The molecular weight excluding hydrogens is 277 g/mol. The fourth-order valence-corrected chi connectivity index (χ4v) is 2.45. The Morgan fingerprint density at radius 1 is 1.11 bits per heavy atom. The molecule has 100 valence electrons. The molecule has 0 aliphatic carbocycles. The summed E-state index contributed by atoms with van der Waals surface area (Å²) in [7, 11) is 0. The monoisotopic (exact) mass is 293 g/mol. The average Bonchev–Trinajstić information content (AvgIpc) is 2.37. The first-order chi connectivity index (χ1) is 9.06. The molecular formula is C16H17Cl2N. The molecule has 1 N–H and O–H groups in total. The Kier molecular flexibility index (Phi) is 4.87. The first-order valence-corrected chi connectivity index (χ1v) is 7.06. The van der Waals surface area contributed by atoms with E-state index in [1.165, 1.54) is 11.1 Å². The Labute approximate surface area is 124 Å². The molecule has 0 spiro atoms. The van der Waals surface area contributed by atoms with Crippen LogP contribution < -0.4 is 5.32 Å². The standard InChI is InChI=1S/C16H17Cl2N/c1-11-6-7-14(16(18)8-11)10-19-12(2)13-4-3-5-15(17)9-13/h3-9,12,19H,10H2,1-2H3. The van der Waals surface area contributed by atoms with Gasteiger partial charge in [-0.2, -0.15) is 0 Å². The Morgan fingerprint density at radius 3 is 2.58 bits per heavy atom. The molecule has 0 heterocycles. The molecule has 1 atom stereocenters. The quantitative estimate of drug-likeness (QED) is 0.822. The summed E-state index contributed by atoms with van der Waals surface area (Å²) in [6.07, 6.45) is 0. The molecule has 0 amide bonds. The van der Waals surface area contributed by atoms with Crippen molar-refractivity contribution >= 4 is 23.2 Å². The van der Waals surface area contributed by atoms with Gasteiger partial charge in [0.15, 0.2) is 0 Å². The van der Waals surface area contributed by atoms with E-state index in [-0.39, 0.29) is 6.04 Å². The molecule has 0 aliphatic heterocycles. The zero-order valence-electron chi connectivity index (χ0n) is 11.1. The van der Waals surface area contributed by atoms with Crippen LogP contribution in [0.4, 0.5) is 0 Å². The van der Waals surface area contributed by atoms with Crippen molar-refractivity contribution in [1.29, 1.82) is 0 Å². The third kappa shape index (κ3) is 3.97. The number of halogens is 2. The molecule has 2 aromatic rings. The van der Waals surface area contributed by atoms with Crippen molar-refractivity contribution in [3.8, 4) is 0 Å². The van der Waals surface area contributed by atoms with E-state index in [0.717, 1.165) is 22.2 Å². The van der Waals surface area contributed by atoms with E-state index >= 15 is 0 Å². The SMILES string of the molecule is Cc1ccc(CNC(C)c2cccc(Cl)c2)c(Cl)c1. The molecule has 1 nitrogen and oxygen atoms in total. The molecule has 3 heteroatoms. The first-order valence-electron chi connectivity index (χ1n) is 6.30. The zero-order chi connectivity index (χ0) is 13.8. The van der Waals surface area contributed by atoms with Crippen LogP contribution in [0.3, 0.4) is 0 Å². The lowest BCUT2D eigenvalue weighted by Crippen LogP contribution is -2.18. The lowest BCUT2D eigenvalue weighted by molar-refractivity contribution is 0.575. The summed E-state index contributed by atoms with van der Waals surface area (Å²) in [6.45, 7) is 4.90. The van der Waals surface area contributed by atoms with E-state index in [2.05, 4.69) is 30.4 Å². The maximum absolute atomic E-state index is 6.22. The minimum atomic E-state index is 0.232. The van der Waals surface area contributed by atoms with E-state index in [1.807, 2.05) is 31.2 Å². The van der Waals surface area contributed by atoms with Crippen LogP contribution in [0.2, 0.25) is 10.0 Å². The topological polar surface area (TPSA) is 12.0 Å². The molecule has 0 bridgehead atoms. The molecule has 0 saturated heterocycles. The lowest BCUT2D eigenvalue weighted by atomic mass is 10.1. The molecule has 0 aromatic heterocycles. The summed E-state index contributed by atoms with van der Waals surface area (Å²) in [5.74, 6) is 0. The second-order valence-electron chi connectivity index (χ2n) is 4.75. The predicted molar refractivity (Wildman–Crippen MR) is 82.9 cm³/mol. The fourth-order valence-electron chi connectivity index (χ4n) is 1.95. The summed E-state index contributed by atoms with van der Waals surface area (Å²) >= 11 is 12.2. The van der Waals surface area contributed by atoms with Crippen molar-refractivity contribution in [1.82, 2.24) is 5.32 Å². The van der Waals surface area contributed by atoms with Gasteiger partial charge >= 0.3 is 0 Å². The van der Waals surface area contributed by atoms with Crippen LogP contribution in [0.1, 0.15) is 29.7 Å². The van der Waals surface area contributed by atoms with Gasteiger partial charge in [0.25, 0.3) is 0 Å². The summed E-state index contributed by atoms with van der Waals surface area (Å²) in [4.78, 5) is 0. The Hall–Kier alpha value is -1.02. The summed E-state index contributed by atoms with van der Waals surface area (Å²) in [6, 6.07) is 14.3. The van der Waals surface area contributed by atoms with Crippen LogP contribution in [-0.4, -0.2) is 0 Å². The van der Waals surface area contributed by atoms with Crippen LogP contribution >= 0.6 is 23.2 Å². The number of hydrogen-bond donors (Lipinski definition) is 1. The lowest BCUT2D eigenvalue weighted by Gasteiger charge is -2.15. The number of benzene rings is 2. The smallest absolute Gasteiger partial charge is 0.0453 e. The van der Waals surface area contributed by atoms with E-state index in [0.29, 0.717) is 0 Å². The zero-order valence-corrected chi connectivity index (χ0v) is 12.6. The first kappa shape index (κ1) is 14.4. The van der Waals surface area contributed by atoms with Gasteiger partial charge in [-0.1, -0.05) is 47.5 Å². The number of aryl methyl sites for hydroxylation is 1. The van der Waals surface area contributed by atoms with Crippen molar-refractivity contribution < 1.29 is 0 Å². The highest BCUT2D eigenvalue weighted by atomic mass is 35.5. The van der Waals surface area contributed by atoms with E-state index in [9.17, 15) is 0 Å². The molecule has 0 fully saturated rings. The maximum Gasteiger partial charge on any atom is 0.0453 e. The average molecular weight is 294 g/mol. The number of nitrogens with one attached hydrogen (secondary N) is 1. The minimum Gasteiger partial charge on any atom is -0.306 e. The third-order valence-corrected chi connectivity index (χ3v) is 3.74. The highest BCUT2D eigenvalue weighted by Gasteiger charge is 2.07. The Bertz CT molecular complexity index is 566. The second kappa shape index (κ2) is 6.42. The minimum absolute atomic E-state index is 0.232. The molecule has 2 rings (SSSR count). The van der Waals surface area contributed by atoms with Gasteiger partial charge in [0.05, 0.1) is 0 Å². The van der Waals surface area contributed by atoms with Crippen molar-refractivity contribution in [2.45, 2.75) is 26.4 Å². The molecule has 1 unspecified atom stereocenters. The third-order valence-electron chi connectivity index (χ3n) is 3.16.